The minimum atomic E-state index is -0.489. The molecule has 0 spiro atoms. The third kappa shape index (κ3) is 8.72. The summed E-state index contributed by atoms with van der Waals surface area (Å²) in [5, 5.41) is 9.85. The molecule has 1 atom stereocenters. The van der Waals surface area contributed by atoms with Crippen LogP contribution in [0.1, 0.15) is 66.7 Å². The van der Waals surface area contributed by atoms with E-state index in [1.165, 1.54) is 11.1 Å². The normalized spacial score (nSPS) is 15.8. The maximum absolute atomic E-state index is 9.85. The van der Waals surface area contributed by atoms with Crippen LogP contribution in [0.5, 0.6) is 0 Å². The van der Waals surface area contributed by atoms with E-state index >= 15 is 0 Å². The molecular formula is C15H28O. The highest BCUT2D eigenvalue weighted by Crippen LogP contribution is 2.17. The minimum Gasteiger partial charge on any atom is -0.390 e. The maximum atomic E-state index is 9.85. The Hall–Kier alpha value is -0.560. The van der Waals surface area contributed by atoms with Gasteiger partial charge >= 0.3 is 0 Å². The number of hydrogen-bond acceptors (Lipinski definition) is 1. The molecular weight excluding hydrogens is 196 g/mol. The largest absolute Gasteiger partial charge is 0.390 e. The number of hydrogen-bond donors (Lipinski definition) is 1. The summed E-state index contributed by atoms with van der Waals surface area (Å²) in [7, 11) is 0. The van der Waals surface area contributed by atoms with Gasteiger partial charge in [0.05, 0.1) is 5.60 Å². The number of allylic oxidation sites excluding steroid dienone is 4. The number of aliphatic hydroxyl groups is 1. The van der Waals surface area contributed by atoms with Crippen molar-refractivity contribution in [3.63, 3.8) is 0 Å². The van der Waals surface area contributed by atoms with Crippen LogP contribution in [-0.4, -0.2) is 10.7 Å². The van der Waals surface area contributed by atoms with Crippen molar-refractivity contribution in [3.8, 4) is 0 Å². The first kappa shape index (κ1) is 15.4. The van der Waals surface area contributed by atoms with Crippen LogP contribution < -0.4 is 0 Å². The van der Waals surface area contributed by atoms with Crippen LogP contribution >= 0.6 is 0 Å². The van der Waals surface area contributed by atoms with Gasteiger partial charge in [0, 0.05) is 0 Å². The van der Waals surface area contributed by atoms with E-state index in [1.54, 1.807) is 0 Å². The Kier molecular flexibility index (Phi) is 7.40. The average Bonchev–Trinajstić information content (AvgIpc) is 2.17. The van der Waals surface area contributed by atoms with E-state index in [1.807, 2.05) is 13.8 Å². The van der Waals surface area contributed by atoms with Crippen molar-refractivity contribution in [2.24, 2.45) is 0 Å². The van der Waals surface area contributed by atoms with E-state index in [4.69, 9.17) is 0 Å². The minimum absolute atomic E-state index is 0.489. The van der Waals surface area contributed by atoms with E-state index in [9.17, 15) is 5.11 Å². The molecule has 94 valence electrons. The first-order chi connectivity index (χ1) is 7.37. The van der Waals surface area contributed by atoms with Gasteiger partial charge in [0.2, 0.25) is 0 Å². The molecule has 0 rings (SSSR count). The maximum Gasteiger partial charge on any atom is 0.0620 e. The first-order valence-corrected chi connectivity index (χ1v) is 6.39. The molecule has 0 radical (unpaired) electrons. The topological polar surface area (TPSA) is 20.2 Å². The summed E-state index contributed by atoms with van der Waals surface area (Å²) < 4.78 is 0. The lowest BCUT2D eigenvalue weighted by molar-refractivity contribution is 0.0480. The molecule has 0 heterocycles. The Morgan fingerprint density at radius 2 is 1.75 bits per heavy atom. The zero-order valence-corrected chi connectivity index (χ0v) is 11.6. The molecule has 1 unspecified atom stereocenters. The Morgan fingerprint density at radius 3 is 2.25 bits per heavy atom. The van der Waals surface area contributed by atoms with Gasteiger partial charge in [0.15, 0.2) is 0 Å². The molecule has 0 fully saturated rings. The monoisotopic (exact) mass is 224 g/mol. The fraction of sp³-hybridized carbons (Fsp3) is 0.733. The highest BCUT2D eigenvalue weighted by molar-refractivity contribution is 5.02. The third-order valence-electron chi connectivity index (χ3n) is 3.03. The molecule has 0 aromatic heterocycles. The van der Waals surface area contributed by atoms with Crippen molar-refractivity contribution in [1.29, 1.82) is 0 Å². The van der Waals surface area contributed by atoms with Crippen molar-refractivity contribution in [2.45, 2.75) is 72.3 Å². The van der Waals surface area contributed by atoms with Crippen molar-refractivity contribution in [3.05, 3.63) is 23.3 Å². The van der Waals surface area contributed by atoms with E-state index in [2.05, 4.69) is 32.9 Å². The molecule has 0 amide bonds. The summed E-state index contributed by atoms with van der Waals surface area (Å²) in [5.41, 5.74) is 2.34. The summed E-state index contributed by atoms with van der Waals surface area (Å²) in [6, 6.07) is 0. The van der Waals surface area contributed by atoms with Crippen LogP contribution in [0.2, 0.25) is 0 Å². The molecule has 0 aliphatic carbocycles. The standard InChI is InChI=1S/C15H28O/c1-6-15(5,16)12-8-11-14(4)10-7-9-13(2)3/h9,11,16H,6-8,10,12H2,1-5H3/b14-11-. The van der Waals surface area contributed by atoms with Crippen LogP contribution in [0.3, 0.4) is 0 Å². The van der Waals surface area contributed by atoms with Crippen LogP contribution in [-0.2, 0) is 0 Å². The van der Waals surface area contributed by atoms with Gasteiger partial charge in [-0.2, -0.15) is 0 Å². The predicted molar refractivity (Wildman–Crippen MR) is 72.6 cm³/mol. The fourth-order valence-electron chi connectivity index (χ4n) is 1.50. The molecule has 0 bridgehead atoms. The van der Waals surface area contributed by atoms with Gasteiger partial charge in [-0.25, -0.2) is 0 Å². The molecule has 1 nitrogen and oxygen atoms in total. The van der Waals surface area contributed by atoms with Crippen LogP contribution in [0.15, 0.2) is 23.3 Å². The lowest BCUT2D eigenvalue weighted by Gasteiger charge is -2.20. The Bertz CT molecular complexity index is 242. The highest BCUT2D eigenvalue weighted by Gasteiger charge is 2.15. The molecule has 1 heteroatoms. The quantitative estimate of drug-likeness (QED) is 0.626. The zero-order chi connectivity index (χ0) is 12.6. The Morgan fingerprint density at radius 1 is 1.12 bits per heavy atom. The highest BCUT2D eigenvalue weighted by atomic mass is 16.3. The molecule has 0 aromatic carbocycles. The second-order valence-electron chi connectivity index (χ2n) is 5.26. The molecule has 0 saturated heterocycles. The zero-order valence-electron chi connectivity index (χ0n) is 11.6. The van der Waals surface area contributed by atoms with E-state index in [0.29, 0.717) is 0 Å². The summed E-state index contributed by atoms with van der Waals surface area (Å²) >= 11 is 0. The molecule has 1 N–H and O–H groups in total. The summed E-state index contributed by atoms with van der Waals surface area (Å²) in [4.78, 5) is 0. The molecule has 16 heavy (non-hydrogen) atoms. The molecule has 0 aliphatic heterocycles. The van der Waals surface area contributed by atoms with E-state index in [-0.39, 0.29) is 0 Å². The van der Waals surface area contributed by atoms with Gasteiger partial charge in [0.25, 0.3) is 0 Å². The van der Waals surface area contributed by atoms with E-state index in [0.717, 1.165) is 32.1 Å². The van der Waals surface area contributed by atoms with Crippen molar-refractivity contribution in [1.82, 2.24) is 0 Å². The fourth-order valence-corrected chi connectivity index (χ4v) is 1.50. The second-order valence-corrected chi connectivity index (χ2v) is 5.26. The average molecular weight is 224 g/mol. The lowest BCUT2D eigenvalue weighted by atomic mass is 9.96. The summed E-state index contributed by atoms with van der Waals surface area (Å²) in [5.74, 6) is 0. The van der Waals surface area contributed by atoms with Gasteiger partial charge in [-0.05, 0) is 59.8 Å². The lowest BCUT2D eigenvalue weighted by Crippen LogP contribution is -2.21. The smallest absolute Gasteiger partial charge is 0.0620 e. The van der Waals surface area contributed by atoms with Gasteiger partial charge in [0.1, 0.15) is 0 Å². The van der Waals surface area contributed by atoms with E-state index < -0.39 is 5.60 Å². The van der Waals surface area contributed by atoms with Crippen molar-refractivity contribution >= 4 is 0 Å². The third-order valence-corrected chi connectivity index (χ3v) is 3.03. The molecule has 0 saturated carbocycles. The first-order valence-electron chi connectivity index (χ1n) is 6.39. The van der Waals surface area contributed by atoms with Gasteiger partial charge in [-0.15, -0.1) is 0 Å². The van der Waals surface area contributed by atoms with Crippen molar-refractivity contribution in [2.75, 3.05) is 0 Å². The Labute approximate surface area is 101 Å². The van der Waals surface area contributed by atoms with Gasteiger partial charge < -0.3 is 5.11 Å². The number of rotatable bonds is 7. The van der Waals surface area contributed by atoms with Crippen LogP contribution in [0, 0.1) is 0 Å². The molecule has 0 aliphatic rings. The predicted octanol–water partition coefficient (Wildman–Crippen LogP) is 4.62. The second kappa shape index (κ2) is 7.67. The van der Waals surface area contributed by atoms with Crippen molar-refractivity contribution < 1.29 is 5.11 Å². The summed E-state index contributed by atoms with van der Waals surface area (Å²) in [6.07, 6.45) is 9.50. The van der Waals surface area contributed by atoms with Gasteiger partial charge in [-0.3, -0.25) is 0 Å². The molecule has 0 aromatic rings. The summed E-state index contributed by atoms with van der Waals surface area (Å²) in [6.45, 7) is 10.4. The van der Waals surface area contributed by atoms with Crippen LogP contribution in [0.25, 0.3) is 0 Å². The van der Waals surface area contributed by atoms with Gasteiger partial charge in [-0.1, -0.05) is 30.2 Å². The van der Waals surface area contributed by atoms with Crippen LogP contribution in [0.4, 0.5) is 0 Å². The SMILES string of the molecule is CCC(C)(O)CC/C=C(/C)CCC=C(C)C. The Balaban J connectivity index is 3.83.